The van der Waals surface area contributed by atoms with Crippen molar-refractivity contribution in [3.8, 4) is 5.69 Å². The fourth-order valence-electron chi connectivity index (χ4n) is 5.41. The van der Waals surface area contributed by atoms with Crippen molar-refractivity contribution in [1.29, 1.82) is 0 Å². The van der Waals surface area contributed by atoms with Crippen molar-refractivity contribution in [3.63, 3.8) is 0 Å². The van der Waals surface area contributed by atoms with Gasteiger partial charge in [-0.15, -0.1) is 0 Å². The number of carbonyl (C=O) groups excluding carboxylic acids is 1. The number of amides is 1. The molecule has 1 amide bonds. The highest BCUT2D eigenvalue weighted by Gasteiger charge is 2.30. The molecule has 0 saturated carbocycles. The van der Waals surface area contributed by atoms with Gasteiger partial charge in [0.15, 0.2) is 0 Å². The lowest BCUT2D eigenvalue weighted by Gasteiger charge is -2.39. The molecule has 0 radical (unpaired) electrons. The molecule has 6 nitrogen and oxygen atoms in total. The van der Waals surface area contributed by atoms with E-state index in [0.717, 1.165) is 94.0 Å². The van der Waals surface area contributed by atoms with Gasteiger partial charge in [-0.1, -0.05) is 40.5 Å². The van der Waals surface area contributed by atoms with Crippen molar-refractivity contribution in [3.05, 3.63) is 41.3 Å². The normalized spacial score (nSPS) is 15.4. The minimum atomic E-state index is -0.253. The van der Waals surface area contributed by atoms with Crippen molar-refractivity contribution in [2.45, 2.75) is 92.7 Å². The molecule has 7 heteroatoms. The summed E-state index contributed by atoms with van der Waals surface area (Å²) in [5.41, 5.74) is 3.00. The summed E-state index contributed by atoms with van der Waals surface area (Å²) in [7, 11) is 0. The van der Waals surface area contributed by atoms with Crippen LogP contribution in [-0.2, 0) is 17.8 Å². The fraction of sp³-hybridized carbons (Fsp3) is 0.667. The zero-order valence-electron chi connectivity index (χ0n) is 24.0. The predicted octanol–water partition coefficient (Wildman–Crippen LogP) is 6.06. The van der Waals surface area contributed by atoms with Gasteiger partial charge in [-0.3, -0.25) is 9.69 Å². The van der Waals surface area contributed by atoms with E-state index >= 15 is 0 Å². The number of anilines is 1. The van der Waals surface area contributed by atoms with E-state index in [9.17, 15) is 9.18 Å². The first kappa shape index (κ1) is 29.2. The molecular formula is C30H48FN5O. The first-order chi connectivity index (χ1) is 17.8. The van der Waals surface area contributed by atoms with E-state index < -0.39 is 0 Å². The second-order valence-electron chi connectivity index (χ2n) is 10.6. The molecule has 1 aromatic heterocycles. The molecule has 1 aromatic carbocycles. The summed E-state index contributed by atoms with van der Waals surface area (Å²) in [6.07, 6.45) is 5.71. The second-order valence-corrected chi connectivity index (χ2v) is 10.6. The lowest BCUT2D eigenvalue weighted by molar-refractivity contribution is -0.136. The Hall–Kier alpha value is -2.41. The van der Waals surface area contributed by atoms with Gasteiger partial charge in [0.05, 0.1) is 17.9 Å². The summed E-state index contributed by atoms with van der Waals surface area (Å²) >= 11 is 0. The molecule has 1 atom stereocenters. The molecule has 1 aliphatic heterocycles. The third kappa shape index (κ3) is 7.13. The third-order valence-electron chi connectivity index (χ3n) is 7.69. The Balaban J connectivity index is 2.03. The number of unbranched alkanes of at least 4 members (excludes halogenated alkanes) is 1. The molecule has 1 fully saturated rings. The summed E-state index contributed by atoms with van der Waals surface area (Å²) in [5.74, 6) is 1.14. The Morgan fingerprint density at radius 3 is 2.24 bits per heavy atom. The van der Waals surface area contributed by atoms with Gasteiger partial charge in [-0.2, -0.15) is 5.10 Å². The highest BCUT2D eigenvalue weighted by molar-refractivity contribution is 5.79. The lowest BCUT2D eigenvalue weighted by atomic mass is 9.97. The van der Waals surface area contributed by atoms with Gasteiger partial charge in [-0.05, 0) is 63.8 Å². The number of hydrogen-bond acceptors (Lipinski definition) is 4. The van der Waals surface area contributed by atoms with Crippen LogP contribution in [0.25, 0.3) is 5.69 Å². The maximum absolute atomic E-state index is 13.8. The number of piperazine rings is 1. The van der Waals surface area contributed by atoms with Crippen LogP contribution in [-0.4, -0.2) is 64.3 Å². The quantitative estimate of drug-likeness (QED) is 0.327. The van der Waals surface area contributed by atoms with Gasteiger partial charge >= 0.3 is 0 Å². The predicted molar refractivity (Wildman–Crippen MR) is 151 cm³/mol. The van der Waals surface area contributed by atoms with Gasteiger partial charge in [0.2, 0.25) is 5.91 Å². The smallest absolute Gasteiger partial charge is 0.225 e. The number of carbonyl (C=O) groups is 1. The standard InChI is InChI=1S/C30H48FN5O/c1-7-11-12-24(9-3)30(37)35(17-8-2)22-27-28(10-4)32-36(26-15-13-25(31)14-16-26)29(27)34-20-18-33(19-21-34)23(5)6/h13-16,23-24H,7-12,17-22H2,1-6H3/t24-/m1/s1. The van der Waals surface area contributed by atoms with Crippen molar-refractivity contribution in [1.82, 2.24) is 19.6 Å². The van der Waals surface area contributed by atoms with Gasteiger partial charge in [0.25, 0.3) is 0 Å². The fourth-order valence-corrected chi connectivity index (χ4v) is 5.41. The zero-order chi connectivity index (χ0) is 26.9. The van der Waals surface area contributed by atoms with E-state index in [-0.39, 0.29) is 17.6 Å². The van der Waals surface area contributed by atoms with Crippen molar-refractivity contribution in [2.24, 2.45) is 5.92 Å². The average Bonchev–Trinajstić information content (AvgIpc) is 3.27. The SMILES string of the molecule is CCCC[C@@H](CC)C(=O)N(CCC)Cc1c(CC)nn(-c2ccc(F)cc2)c1N1CCN(C(C)C)CC1. The largest absolute Gasteiger partial charge is 0.354 e. The van der Waals surface area contributed by atoms with Crippen LogP contribution in [0.2, 0.25) is 0 Å². The topological polar surface area (TPSA) is 44.6 Å². The minimum absolute atomic E-state index is 0.0711. The van der Waals surface area contributed by atoms with E-state index in [1.165, 1.54) is 12.1 Å². The maximum Gasteiger partial charge on any atom is 0.225 e. The summed E-state index contributed by atoms with van der Waals surface area (Å²) in [5, 5.41) is 5.05. The number of nitrogens with zero attached hydrogens (tertiary/aromatic N) is 5. The molecule has 1 aliphatic rings. The molecule has 206 valence electrons. The zero-order valence-corrected chi connectivity index (χ0v) is 24.0. The van der Waals surface area contributed by atoms with Crippen LogP contribution in [0.4, 0.5) is 10.2 Å². The summed E-state index contributed by atoms with van der Waals surface area (Å²) < 4.78 is 15.8. The van der Waals surface area contributed by atoms with E-state index in [4.69, 9.17) is 5.10 Å². The molecule has 37 heavy (non-hydrogen) atoms. The van der Waals surface area contributed by atoms with Crippen LogP contribution in [0.15, 0.2) is 24.3 Å². The number of halogens is 1. The first-order valence-corrected chi connectivity index (χ1v) is 14.5. The summed E-state index contributed by atoms with van der Waals surface area (Å²) in [6.45, 7) is 18.2. The second kappa shape index (κ2) is 13.9. The maximum atomic E-state index is 13.8. The van der Waals surface area contributed by atoms with E-state index in [0.29, 0.717) is 12.6 Å². The Bertz CT molecular complexity index is 979. The Labute approximate surface area is 223 Å². The van der Waals surface area contributed by atoms with Gasteiger partial charge in [0.1, 0.15) is 11.6 Å². The highest BCUT2D eigenvalue weighted by Crippen LogP contribution is 2.31. The average molecular weight is 514 g/mol. The van der Waals surface area contributed by atoms with Gasteiger partial charge in [0, 0.05) is 50.2 Å². The van der Waals surface area contributed by atoms with E-state index in [2.05, 4.69) is 56.2 Å². The minimum Gasteiger partial charge on any atom is -0.354 e. The lowest BCUT2D eigenvalue weighted by Crippen LogP contribution is -2.49. The van der Waals surface area contributed by atoms with Crippen LogP contribution < -0.4 is 4.90 Å². The monoisotopic (exact) mass is 513 g/mol. The molecule has 2 aromatic rings. The number of benzene rings is 1. The molecular weight excluding hydrogens is 465 g/mol. The highest BCUT2D eigenvalue weighted by atomic mass is 19.1. The molecule has 3 rings (SSSR count). The Kier molecular flexibility index (Phi) is 11.0. The number of hydrogen-bond donors (Lipinski definition) is 0. The molecule has 0 unspecified atom stereocenters. The van der Waals surface area contributed by atoms with E-state index in [1.807, 2.05) is 4.68 Å². The van der Waals surface area contributed by atoms with Crippen molar-refractivity contribution >= 4 is 11.7 Å². The molecule has 1 saturated heterocycles. The Morgan fingerprint density at radius 2 is 1.70 bits per heavy atom. The number of aromatic nitrogens is 2. The van der Waals surface area contributed by atoms with Crippen molar-refractivity contribution < 1.29 is 9.18 Å². The van der Waals surface area contributed by atoms with Gasteiger partial charge in [-0.25, -0.2) is 9.07 Å². The van der Waals surface area contributed by atoms with Crippen LogP contribution >= 0.6 is 0 Å². The number of rotatable bonds is 13. The third-order valence-corrected chi connectivity index (χ3v) is 7.69. The number of aryl methyl sites for hydroxylation is 1. The molecule has 0 bridgehead atoms. The van der Waals surface area contributed by atoms with Crippen LogP contribution in [0.3, 0.4) is 0 Å². The summed E-state index contributed by atoms with van der Waals surface area (Å²) in [6, 6.07) is 7.10. The molecule has 0 spiro atoms. The van der Waals surface area contributed by atoms with E-state index in [1.54, 1.807) is 12.1 Å². The molecule has 2 heterocycles. The molecule has 0 aliphatic carbocycles. The van der Waals surface area contributed by atoms with Crippen LogP contribution in [0, 0.1) is 11.7 Å². The Morgan fingerprint density at radius 1 is 1.03 bits per heavy atom. The van der Waals surface area contributed by atoms with Crippen LogP contribution in [0.5, 0.6) is 0 Å². The van der Waals surface area contributed by atoms with Crippen molar-refractivity contribution in [2.75, 3.05) is 37.6 Å². The van der Waals surface area contributed by atoms with Crippen LogP contribution in [0.1, 0.15) is 84.9 Å². The summed E-state index contributed by atoms with van der Waals surface area (Å²) in [4.78, 5) is 20.7. The molecule has 0 N–H and O–H groups in total. The van der Waals surface area contributed by atoms with Gasteiger partial charge < -0.3 is 9.80 Å². The first-order valence-electron chi connectivity index (χ1n) is 14.5.